The minimum absolute atomic E-state index is 0.0701. The number of halogens is 2. The molecule has 3 aromatic rings. The number of anilines is 3. The standard InChI is InChI=1S/C28H35F2N7O6S/c1-34(2)10-11-35(3)20-5-6-22(24(16-20)31-8-12-43-4)27(38)32-26-23-17-36(9-7-25(23)37(33-26)28(39)40)44(41,42)21-14-18(29)13-19(30)15-21/h5-6,13-16,31H,7-12,17H2,1-4H3,(H,39,40)(H,32,33,38). The molecule has 2 aromatic carbocycles. The Morgan fingerprint density at radius 2 is 1.80 bits per heavy atom. The Balaban J connectivity index is 1.65. The molecule has 0 saturated carbocycles. The largest absolute Gasteiger partial charge is 0.463 e. The third-order valence-corrected chi connectivity index (χ3v) is 8.93. The van der Waals surface area contributed by atoms with Gasteiger partial charge in [0.2, 0.25) is 10.0 Å². The van der Waals surface area contributed by atoms with Crippen LogP contribution in [0, 0.1) is 11.6 Å². The van der Waals surface area contributed by atoms with Crippen molar-refractivity contribution < 1.29 is 36.6 Å². The Morgan fingerprint density at radius 3 is 2.43 bits per heavy atom. The second-order valence-corrected chi connectivity index (χ2v) is 12.4. The summed E-state index contributed by atoms with van der Waals surface area (Å²) in [5, 5.41) is 19.6. The highest BCUT2D eigenvalue weighted by atomic mass is 32.2. The van der Waals surface area contributed by atoms with E-state index in [1.165, 1.54) is 0 Å². The molecule has 0 radical (unpaired) electrons. The van der Waals surface area contributed by atoms with E-state index in [-0.39, 0.29) is 42.1 Å². The Kier molecular flexibility index (Phi) is 10.2. The van der Waals surface area contributed by atoms with Crippen LogP contribution in [0.5, 0.6) is 0 Å². The number of nitrogens with zero attached hydrogens (tertiary/aromatic N) is 5. The number of hydrogen-bond donors (Lipinski definition) is 3. The van der Waals surface area contributed by atoms with Gasteiger partial charge in [-0.2, -0.15) is 8.99 Å². The molecule has 0 spiro atoms. The smallest absolute Gasteiger partial charge is 0.432 e. The van der Waals surface area contributed by atoms with Gasteiger partial charge in [0.25, 0.3) is 5.91 Å². The lowest BCUT2D eigenvalue weighted by Gasteiger charge is -2.27. The Morgan fingerprint density at radius 1 is 1.09 bits per heavy atom. The molecule has 0 aliphatic carbocycles. The summed E-state index contributed by atoms with van der Waals surface area (Å²) in [5.41, 5.74) is 1.94. The molecule has 0 fully saturated rings. The fourth-order valence-electron chi connectivity index (χ4n) is 4.74. The number of rotatable bonds is 12. The zero-order chi connectivity index (χ0) is 32.2. The molecule has 0 unspecified atom stereocenters. The highest BCUT2D eigenvalue weighted by Crippen LogP contribution is 2.31. The fraction of sp³-hybridized carbons (Fsp3) is 0.393. The van der Waals surface area contributed by atoms with Crippen LogP contribution in [0.2, 0.25) is 0 Å². The number of methoxy groups -OCH3 is 1. The zero-order valence-electron chi connectivity index (χ0n) is 24.8. The second kappa shape index (κ2) is 13.7. The van der Waals surface area contributed by atoms with Crippen LogP contribution in [0.4, 0.5) is 30.8 Å². The van der Waals surface area contributed by atoms with Gasteiger partial charge in [0.15, 0.2) is 5.82 Å². The normalized spacial score (nSPS) is 13.5. The highest BCUT2D eigenvalue weighted by Gasteiger charge is 2.35. The number of ether oxygens (including phenoxy) is 1. The predicted octanol–water partition coefficient (Wildman–Crippen LogP) is 2.74. The fourth-order valence-corrected chi connectivity index (χ4v) is 6.19. The van der Waals surface area contributed by atoms with Crippen LogP contribution in [0.25, 0.3) is 0 Å². The van der Waals surface area contributed by atoms with E-state index in [1.807, 2.05) is 32.1 Å². The summed E-state index contributed by atoms with van der Waals surface area (Å²) in [4.78, 5) is 29.0. The highest BCUT2D eigenvalue weighted by molar-refractivity contribution is 7.89. The number of benzene rings is 2. The number of nitrogens with one attached hydrogen (secondary N) is 2. The van der Waals surface area contributed by atoms with Gasteiger partial charge in [0.05, 0.1) is 22.8 Å². The average molecular weight is 636 g/mol. The van der Waals surface area contributed by atoms with E-state index in [2.05, 4.69) is 20.6 Å². The van der Waals surface area contributed by atoms with Gasteiger partial charge in [0, 0.05) is 76.3 Å². The Bertz CT molecular complexity index is 1630. The Labute approximate surface area is 254 Å². The number of fused-ring (bicyclic) bond motifs is 1. The molecule has 238 valence electrons. The molecular weight excluding hydrogens is 600 g/mol. The first kappa shape index (κ1) is 32.8. The first-order valence-corrected chi connectivity index (χ1v) is 15.1. The maximum atomic E-state index is 13.8. The average Bonchev–Trinajstić information content (AvgIpc) is 3.33. The lowest BCUT2D eigenvalue weighted by Crippen LogP contribution is -2.37. The molecule has 1 aliphatic rings. The third-order valence-electron chi connectivity index (χ3n) is 7.10. The van der Waals surface area contributed by atoms with E-state index < -0.39 is 38.6 Å². The van der Waals surface area contributed by atoms with Gasteiger partial charge < -0.3 is 30.3 Å². The van der Waals surface area contributed by atoms with Crippen molar-refractivity contribution in [2.75, 3.05) is 76.6 Å². The number of carbonyl (C=O) groups is 2. The van der Waals surface area contributed by atoms with Crippen molar-refractivity contribution in [2.24, 2.45) is 0 Å². The van der Waals surface area contributed by atoms with Crippen molar-refractivity contribution in [3.8, 4) is 0 Å². The third kappa shape index (κ3) is 7.32. The first-order chi connectivity index (χ1) is 20.8. The predicted molar refractivity (Wildman–Crippen MR) is 160 cm³/mol. The van der Waals surface area contributed by atoms with Crippen molar-refractivity contribution in [3.63, 3.8) is 0 Å². The molecule has 1 aliphatic heterocycles. The van der Waals surface area contributed by atoms with Gasteiger partial charge in [0.1, 0.15) is 11.6 Å². The number of hydrogen-bond acceptors (Lipinski definition) is 9. The quantitative estimate of drug-likeness (QED) is 0.254. The summed E-state index contributed by atoms with van der Waals surface area (Å²) < 4.78 is 61.0. The van der Waals surface area contributed by atoms with Crippen LogP contribution in [0.15, 0.2) is 41.3 Å². The van der Waals surface area contributed by atoms with Gasteiger partial charge in [-0.25, -0.2) is 22.0 Å². The number of amides is 1. The molecule has 0 saturated heterocycles. The van der Waals surface area contributed by atoms with E-state index in [9.17, 15) is 31.9 Å². The number of carbonyl (C=O) groups excluding carboxylic acids is 1. The minimum atomic E-state index is -4.37. The Hall–Kier alpha value is -4.12. The van der Waals surface area contributed by atoms with Crippen LogP contribution in [-0.2, 0) is 27.7 Å². The van der Waals surface area contributed by atoms with E-state index in [0.717, 1.165) is 23.1 Å². The van der Waals surface area contributed by atoms with Gasteiger partial charge in [-0.05, 0) is 44.4 Å². The molecule has 3 N–H and O–H groups in total. The van der Waals surface area contributed by atoms with Crippen LogP contribution in [-0.4, -0.2) is 106 Å². The number of carboxylic acid groups (broad SMARTS) is 1. The van der Waals surface area contributed by atoms with Crippen molar-refractivity contribution in [1.29, 1.82) is 0 Å². The first-order valence-electron chi connectivity index (χ1n) is 13.7. The molecule has 1 amide bonds. The van der Waals surface area contributed by atoms with Crippen LogP contribution in [0.1, 0.15) is 21.6 Å². The topological polar surface area (TPSA) is 149 Å². The lowest BCUT2D eigenvalue weighted by molar-refractivity contribution is 0.102. The molecule has 0 atom stereocenters. The zero-order valence-corrected chi connectivity index (χ0v) is 25.6. The van der Waals surface area contributed by atoms with E-state index in [0.29, 0.717) is 41.7 Å². The van der Waals surface area contributed by atoms with Gasteiger partial charge in [-0.1, -0.05) is 0 Å². The number of likely N-dealkylation sites (N-methyl/N-ethyl adjacent to an activating group) is 2. The maximum absolute atomic E-state index is 13.8. The van der Waals surface area contributed by atoms with Gasteiger partial charge in [-0.3, -0.25) is 4.79 Å². The molecular formula is C28H35F2N7O6S. The summed E-state index contributed by atoms with van der Waals surface area (Å²) in [5.74, 6) is -2.87. The molecule has 4 rings (SSSR count). The molecule has 0 bridgehead atoms. The molecule has 13 nitrogen and oxygen atoms in total. The maximum Gasteiger partial charge on any atom is 0.432 e. The molecule has 16 heteroatoms. The summed E-state index contributed by atoms with van der Waals surface area (Å²) >= 11 is 0. The number of sulfonamides is 1. The summed E-state index contributed by atoms with van der Waals surface area (Å²) in [6.07, 6.45) is -1.49. The van der Waals surface area contributed by atoms with E-state index in [1.54, 1.807) is 19.2 Å². The van der Waals surface area contributed by atoms with Crippen LogP contribution < -0.4 is 15.5 Å². The molecule has 1 aromatic heterocycles. The van der Waals surface area contributed by atoms with Crippen molar-refractivity contribution in [2.45, 2.75) is 17.9 Å². The van der Waals surface area contributed by atoms with Crippen molar-refractivity contribution in [1.82, 2.24) is 19.0 Å². The molecule has 44 heavy (non-hydrogen) atoms. The monoisotopic (exact) mass is 635 g/mol. The van der Waals surface area contributed by atoms with Gasteiger partial charge in [-0.15, -0.1) is 5.10 Å². The summed E-state index contributed by atoms with van der Waals surface area (Å²) in [7, 11) is 3.05. The number of aromatic nitrogens is 2. The second-order valence-electron chi connectivity index (χ2n) is 10.5. The van der Waals surface area contributed by atoms with E-state index in [4.69, 9.17) is 4.74 Å². The lowest BCUT2D eigenvalue weighted by atomic mass is 10.1. The van der Waals surface area contributed by atoms with Gasteiger partial charge >= 0.3 is 6.09 Å². The summed E-state index contributed by atoms with van der Waals surface area (Å²) in [6, 6.07) is 7.20. The van der Waals surface area contributed by atoms with Crippen molar-refractivity contribution in [3.05, 3.63) is 64.9 Å². The summed E-state index contributed by atoms with van der Waals surface area (Å²) in [6.45, 7) is 1.76. The van der Waals surface area contributed by atoms with Crippen LogP contribution in [0.3, 0.4) is 0 Å². The SMILES string of the molecule is COCCNc1cc(N(C)CCN(C)C)ccc1C(=O)Nc1nn(C(=O)O)c2c1CN(S(=O)(=O)c1cc(F)cc(F)c1)CC2. The van der Waals surface area contributed by atoms with Crippen LogP contribution >= 0.6 is 0 Å². The minimum Gasteiger partial charge on any atom is -0.463 e. The molecule has 2 heterocycles. The van der Waals surface area contributed by atoms with Crippen molar-refractivity contribution >= 4 is 39.2 Å². The van der Waals surface area contributed by atoms with E-state index >= 15 is 0 Å².